The summed E-state index contributed by atoms with van der Waals surface area (Å²) in [5.41, 5.74) is 0.932. The first-order valence-electron chi connectivity index (χ1n) is 3.96. The second-order valence-electron chi connectivity index (χ2n) is 2.65. The lowest BCUT2D eigenvalue weighted by molar-refractivity contribution is -0.121. The van der Waals surface area contributed by atoms with Gasteiger partial charge in [-0.25, -0.2) is 0 Å². The number of carbonyl (C=O) groups excluding carboxylic acids is 1. The highest BCUT2D eigenvalue weighted by Gasteiger charge is 2.09. The van der Waals surface area contributed by atoms with E-state index in [9.17, 15) is 4.79 Å². The fourth-order valence-electron chi connectivity index (χ4n) is 0.677. The first kappa shape index (κ1) is 11.7. The van der Waals surface area contributed by atoms with Gasteiger partial charge in [-0.3, -0.25) is 4.79 Å². The minimum atomic E-state index is -0.0288. The maximum Gasteiger partial charge on any atom is 0.155 e. The predicted molar refractivity (Wildman–Crippen MR) is 53.4 cm³/mol. The molecule has 0 aromatic carbocycles. The van der Waals surface area contributed by atoms with Gasteiger partial charge in [-0.1, -0.05) is 13.5 Å². The molecule has 0 bridgehead atoms. The van der Waals surface area contributed by atoms with Crippen LogP contribution < -0.4 is 0 Å². The van der Waals surface area contributed by atoms with E-state index in [1.54, 1.807) is 11.8 Å². The molecule has 1 unspecified atom stereocenters. The van der Waals surface area contributed by atoms with Gasteiger partial charge in [-0.05, 0) is 25.2 Å². The molecule has 0 aliphatic carbocycles. The molecule has 0 radical (unpaired) electrons. The minimum Gasteiger partial charge on any atom is -0.355 e. The standard InChI is InChI=1S/C9H16O2S/c1-5-12-9(7(2)3)11-6-8(4)10/h9H,2,5-6H2,1,3-4H3. The number of hydrogen-bond acceptors (Lipinski definition) is 3. The maximum atomic E-state index is 10.6. The summed E-state index contributed by atoms with van der Waals surface area (Å²) in [4.78, 5) is 10.6. The van der Waals surface area contributed by atoms with Crippen LogP contribution in [0.4, 0.5) is 0 Å². The summed E-state index contributed by atoms with van der Waals surface area (Å²) in [6.45, 7) is 9.46. The zero-order chi connectivity index (χ0) is 9.56. The molecule has 0 spiro atoms. The summed E-state index contributed by atoms with van der Waals surface area (Å²) in [5, 5.41) is 0. The fraction of sp³-hybridized carbons (Fsp3) is 0.667. The number of rotatable bonds is 6. The second kappa shape index (κ2) is 6.26. The molecule has 3 heteroatoms. The van der Waals surface area contributed by atoms with Crippen molar-refractivity contribution in [1.29, 1.82) is 0 Å². The molecule has 0 aliphatic heterocycles. The third kappa shape index (κ3) is 5.38. The van der Waals surface area contributed by atoms with Crippen LogP contribution in [0.2, 0.25) is 0 Å². The summed E-state index contributed by atoms with van der Waals surface area (Å²) >= 11 is 1.65. The quantitative estimate of drug-likeness (QED) is 0.472. The molecular formula is C9H16O2S. The van der Waals surface area contributed by atoms with Crippen molar-refractivity contribution >= 4 is 17.5 Å². The molecule has 2 nitrogen and oxygen atoms in total. The lowest BCUT2D eigenvalue weighted by Crippen LogP contribution is -2.14. The van der Waals surface area contributed by atoms with Gasteiger partial charge >= 0.3 is 0 Å². The Hall–Kier alpha value is -0.280. The molecule has 0 aromatic rings. The highest BCUT2D eigenvalue weighted by Crippen LogP contribution is 2.18. The van der Waals surface area contributed by atoms with Gasteiger partial charge in [-0.2, -0.15) is 0 Å². The van der Waals surface area contributed by atoms with Gasteiger partial charge in [0.05, 0.1) is 0 Å². The largest absolute Gasteiger partial charge is 0.355 e. The number of Topliss-reactive ketones (excluding diaryl/α,β-unsaturated/α-hetero) is 1. The third-order valence-corrected chi connectivity index (χ3v) is 2.33. The Morgan fingerprint density at radius 2 is 2.17 bits per heavy atom. The number of carbonyl (C=O) groups is 1. The summed E-state index contributed by atoms with van der Waals surface area (Å²) in [6, 6.07) is 0. The average molecular weight is 188 g/mol. The normalized spacial score (nSPS) is 12.6. The number of hydrogen-bond donors (Lipinski definition) is 0. The first-order valence-corrected chi connectivity index (χ1v) is 5.00. The lowest BCUT2D eigenvalue weighted by Gasteiger charge is -2.15. The van der Waals surface area contributed by atoms with Gasteiger partial charge in [0.2, 0.25) is 0 Å². The van der Waals surface area contributed by atoms with E-state index in [0.29, 0.717) is 0 Å². The summed E-state index contributed by atoms with van der Waals surface area (Å²) in [7, 11) is 0. The Labute approximate surface area is 78.4 Å². The monoisotopic (exact) mass is 188 g/mol. The van der Waals surface area contributed by atoms with Crippen molar-refractivity contribution in [3.05, 3.63) is 12.2 Å². The van der Waals surface area contributed by atoms with Crippen molar-refractivity contribution in [2.75, 3.05) is 12.4 Å². The van der Waals surface area contributed by atoms with Crippen molar-refractivity contribution in [1.82, 2.24) is 0 Å². The highest BCUT2D eigenvalue weighted by molar-refractivity contribution is 7.99. The van der Waals surface area contributed by atoms with Crippen LogP contribution in [0.25, 0.3) is 0 Å². The lowest BCUT2D eigenvalue weighted by atomic mass is 10.4. The topological polar surface area (TPSA) is 26.3 Å². The maximum absolute atomic E-state index is 10.6. The van der Waals surface area contributed by atoms with Gasteiger partial charge in [0, 0.05) is 0 Å². The summed E-state index contributed by atoms with van der Waals surface area (Å²) < 4.78 is 5.32. The van der Waals surface area contributed by atoms with Crippen LogP contribution in [0.1, 0.15) is 20.8 Å². The molecule has 0 fully saturated rings. The molecule has 0 saturated heterocycles. The Balaban J connectivity index is 3.79. The van der Waals surface area contributed by atoms with Gasteiger partial charge in [0.1, 0.15) is 12.0 Å². The number of ether oxygens (including phenoxy) is 1. The fourth-order valence-corrected chi connectivity index (χ4v) is 1.43. The summed E-state index contributed by atoms with van der Waals surface area (Å²) in [5.74, 6) is 1.02. The van der Waals surface area contributed by atoms with E-state index in [1.165, 1.54) is 6.92 Å². The van der Waals surface area contributed by atoms with Crippen LogP contribution in [-0.2, 0) is 9.53 Å². The van der Waals surface area contributed by atoms with Crippen LogP contribution in [0.5, 0.6) is 0 Å². The van der Waals surface area contributed by atoms with Crippen LogP contribution in [0.3, 0.4) is 0 Å². The second-order valence-corrected chi connectivity index (χ2v) is 3.99. The van der Waals surface area contributed by atoms with Gasteiger partial charge in [0.15, 0.2) is 5.78 Å². The van der Waals surface area contributed by atoms with E-state index in [-0.39, 0.29) is 17.8 Å². The van der Waals surface area contributed by atoms with Crippen LogP contribution in [0.15, 0.2) is 12.2 Å². The van der Waals surface area contributed by atoms with Crippen molar-refractivity contribution in [2.24, 2.45) is 0 Å². The van der Waals surface area contributed by atoms with Crippen molar-refractivity contribution in [3.63, 3.8) is 0 Å². The van der Waals surface area contributed by atoms with Gasteiger partial charge in [0.25, 0.3) is 0 Å². The van der Waals surface area contributed by atoms with Gasteiger partial charge in [-0.15, -0.1) is 11.8 Å². The van der Waals surface area contributed by atoms with E-state index >= 15 is 0 Å². The molecule has 0 aliphatic rings. The molecule has 70 valence electrons. The van der Waals surface area contributed by atoms with Crippen LogP contribution >= 0.6 is 11.8 Å². The SMILES string of the molecule is C=C(C)C(OCC(C)=O)SCC. The molecule has 0 aromatic heterocycles. The van der Waals surface area contributed by atoms with E-state index in [1.807, 2.05) is 6.92 Å². The Kier molecular flexibility index (Phi) is 6.11. The van der Waals surface area contributed by atoms with Crippen molar-refractivity contribution in [3.8, 4) is 0 Å². The summed E-state index contributed by atoms with van der Waals surface area (Å²) in [6.07, 6.45) is 0. The van der Waals surface area contributed by atoms with E-state index in [2.05, 4.69) is 13.5 Å². The molecule has 12 heavy (non-hydrogen) atoms. The molecule has 0 saturated carbocycles. The molecular weight excluding hydrogens is 172 g/mol. The van der Waals surface area contributed by atoms with Crippen molar-refractivity contribution < 1.29 is 9.53 Å². The highest BCUT2D eigenvalue weighted by atomic mass is 32.2. The van der Waals surface area contributed by atoms with E-state index in [0.717, 1.165) is 11.3 Å². The molecule has 1 atom stereocenters. The third-order valence-electron chi connectivity index (χ3n) is 1.16. The Bertz CT molecular complexity index is 166. The molecule has 0 heterocycles. The zero-order valence-corrected chi connectivity index (χ0v) is 8.74. The van der Waals surface area contributed by atoms with Crippen LogP contribution in [0, 0.1) is 0 Å². The predicted octanol–water partition coefficient (Wildman–Crippen LogP) is 2.25. The number of ketones is 1. The number of thioether (sulfide) groups is 1. The Morgan fingerprint density at radius 3 is 2.50 bits per heavy atom. The minimum absolute atomic E-state index is 0.0288. The molecule has 0 N–H and O–H groups in total. The zero-order valence-electron chi connectivity index (χ0n) is 7.92. The Morgan fingerprint density at radius 1 is 1.58 bits per heavy atom. The molecule has 0 amide bonds. The van der Waals surface area contributed by atoms with Crippen molar-refractivity contribution in [2.45, 2.75) is 26.2 Å². The van der Waals surface area contributed by atoms with Gasteiger partial charge < -0.3 is 4.74 Å². The first-order chi connectivity index (χ1) is 5.57. The van der Waals surface area contributed by atoms with E-state index < -0.39 is 0 Å². The van der Waals surface area contributed by atoms with E-state index in [4.69, 9.17) is 4.74 Å². The van der Waals surface area contributed by atoms with Crippen LogP contribution in [-0.4, -0.2) is 23.6 Å². The average Bonchev–Trinajstić information content (AvgIpc) is 1.96. The smallest absolute Gasteiger partial charge is 0.155 e. The molecule has 0 rings (SSSR count).